The molecule has 1 aliphatic carbocycles. The highest BCUT2D eigenvalue weighted by Crippen LogP contribution is 2.27. The quantitative estimate of drug-likeness (QED) is 0.719. The van der Waals surface area contributed by atoms with Gasteiger partial charge in [0.05, 0.1) is 18.5 Å². The van der Waals surface area contributed by atoms with Gasteiger partial charge in [-0.05, 0) is 12.1 Å². The molecule has 2 aromatic heterocycles. The van der Waals surface area contributed by atoms with Crippen LogP contribution in [0.1, 0.15) is 22.8 Å². The van der Waals surface area contributed by atoms with Crippen molar-refractivity contribution in [3.63, 3.8) is 0 Å². The van der Waals surface area contributed by atoms with Crippen molar-refractivity contribution in [3.8, 4) is 0 Å². The van der Waals surface area contributed by atoms with Crippen molar-refractivity contribution in [2.24, 2.45) is 0 Å². The number of hydrogen-bond donors (Lipinski definition) is 2. The molecule has 7 heteroatoms. The Balaban J connectivity index is 1.66. The standard InChI is InChI=1S/C17H15N5O2/c23-13-7-6-12(8-13)22-10-20-14-15(18-9-19-16(14)22)21-17(24)11-4-2-1-3-5-11/h1-7,9-10,12-13,23H,8H2,(H,18,19,21,24)/t12-,13+/m0/s1. The van der Waals surface area contributed by atoms with Gasteiger partial charge in [-0.25, -0.2) is 15.0 Å². The van der Waals surface area contributed by atoms with E-state index in [9.17, 15) is 9.90 Å². The molecule has 7 nitrogen and oxygen atoms in total. The number of carbonyl (C=O) groups is 1. The molecule has 0 spiro atoms. The van der Waals surface area contributed by atoms with Gasteiger partial charge in [-0.1, -0.05) is 30.4 Å². The van der Waals surface area contributed by atoms with Crippen molar-refractivity contribution in [3.05, 3.63) is 60.7 Å². The summed E-state index contributed by atoms with van der Waals surface area (Å²) in [5.41, 5.74) is 1.69. The van der Waals surface area contributed by atoms with Gasteiger partial charge >= 0.3 is 0 Å². The molecule has 4 rings (SSSR count). The summed E-state index contributed by atoms with van der Waals surface area (Å²) in [7, 11) is 0. The van der Waals surface area contributed by atoms with E-state index in [1.165, 1.54) is 6.33 Å². The van der Waals surface area contributed by atoms with Crippen molar-refractivity contribution in [1.29, 1.82) is 0 Å². The molecule has 2 N–H and O–H groups in total. The first kappa shape index (κ1) is 14.5. The largest absolute Gasteiger partial charge is 0.389 e. The van der Waals surface area contributed by atoms with Crippen LogP contribution in [-0.4, -0.2) is 36.6 Å². The minimum Gasteiger partial charge on any atom is -0.389 e. The van der Waals surface area contributed by atoms with Gasteiger partial charge in [0.25, 0.3) is 5.91 Å². The maximum absolute atomic E-state index is 12.3. The lowest BCUT2D eigenvalue weighted by molar-refractivity contribution is 0.102. The van der Waals surface area contributed by atoms with Gasteiger partial charge in [0.2, 0.25) is 0 Å². The van der Waals surface area contributed by atoms with Crippen LogP contribution in [0.25, 0.3) is 11.2 Å². The van der Waals surface area contributed by atoms with Crippen molar-refractivity contribution in [1.82, 2.24) is 19.5 Å². The van der Waals surface area contributed by atoms with E-state index in [0.717, 1.165) is 0 Å². The van der Waals surface area contributed by atoms with Crippen molar-refractivity contribution in [2.75, 3.05) is 5.32 Å². The Kier molecular flexibility index (Phi) is 3.55. The van der Waals surface area contributed by atoms with Crippen molar-refractivity contribution in [2.45, 2.75) is 18.6 Å². The fraction of sp³-hybridized carbons (Fsp3) is 0.176. The van der Waals surface area contributed by atoms with Crippen LogP contribution in [0.15, 0.2) is 55.1 Å². The third-order valence-corrected chi connectivity index (χ3v) is 4.02. The van der Waals surface area contributed by atoms with Crippen LogP contribution in [0, 0.1) is 0 Å². The van der Waals surface area contributed by atoms with E-state index in [-0.39, 0.29) is 11.9 Å². The first-order chi connectivity index (χ1) is 11.7. The van der Waals surface area contributed by atoms with Gasteiger partial charge in [0.15, 0.2) is 17.0 Å². The topological polar surface area (TPSA) is 92.9 Å². The molecule has 1 aromatic carbocycles. The molecule has 1 aliphatic rings. The number of allylic oxidation sites excluding steroid dienone is 1. The minimum absolute atomic E-state index is 0.00225. The lowest BCUT2D eigenvalue weighted by Crippen LogP contribution is -2.13. The Labute approximate surface area is 137 Å². The first-order valence-electron chi connectivity index (χ1n) is 7.62. The summed E-state index contributed by atoms with van der Waals surface area (Å²) in [6, 6.07) is 8.92. The zero-order valence-electron chi connectivity index (χ0n) is 12.7. The van der Waals surface area contributed by atoms with Crippen LogP contribution in [0.5, 0.6) is 0 Å². The molecular weight excluding hydrogens is 306 g/mol. The molecular formula is C17H15N5O2. The summed E-state index contributed by atoms with van der Waals surface area (Å²) in [6.45, 7) is 0. The molecule has 1 amide bonds. The molecule has 0 radical (unpaired) electrons. The average molecular weight is 321 g/mol. The predicted octanol–water partition coefficient (Wildman–Crippen LogP) is 1.94. The Bertz CT molecular complexity index is 919. The van der Waals surface area contributed by atoms with E-state index in [1.807, 2.05) is 16.7 Å². The van der Waals surface area contributed by atoms with Crippen molar-refractivity contribution >= 4 is 22.9 Å². The van der Waals surface area contributed by atoms with Crippen LogP contribution in [0.3, 0.4) is 0 Å². The smallest absolute Gasteiger partial charge is 0.256 e. The molecule has 24 heavy (non-hydrogen) atoms. The molecule has 2 heterocycles. The maximum atomic E-state index is 12.3. The average Bonchev–Trinajstić information content (AvgIpc) is 3.22. The number of anilines is 1. The second-order valence-corrected chi connectivity index (χ2v) is 5.62. The number of aliphatic hydroxyl groups excluding tert-OH is 1. The molecule has 0 fully saturated rings. The second kappa shape index (κ2) is 5.86. The molecule has 0 saturated carbocycles. The number of hydrogen-bond acceptors (Lipinski definition) is 5. The summed E-state index contributed by atoms with van der Waals surface area (Å²) < 4.78 is 1.88. The Hall–Kier alpha value is -3.06. The number of aromatic nitrogens is 4. The van der Waals surface area contributed by atoms with Crippen LogP contribution < -0.4 is 5.32 Å². The number of carbonyl (C=O) groups excluding carboxylic acids is 1. The zero-order valence-corrected chi connectivity index (χ0v) is 12.7. The highest BCUT2D eigenvalue weighted by atomic mass is 16.3. The van der Waals surface area contributed by atoms with Gasteiger partial charge in [-0.3, -0.25) is 4.79 Å². The fourth-order valence-corrected chi connectivity index (χ4v) is 2.82. The summed E-state index contributed by atoms with van der Waals surface area (Å²) in [4.78, 5) is 25.1. The number of fused-ring (bicyclic) bond motifs is 1. The highest BCUT2D eigenvalue weighted by Gasteiger charge is 2.22. The minimum atomic E-state index is -0.452. The molecule has 120 valence electrons. The van der Waals surface area contributed by atoms with E-state index in [1.54, 1.807) is 36.7 Å². The number of amides is 1. The van der Waals surface area contributed by atoms with E-state index in [0.29, 0.717) is 29.0 Å². The molecule has 0 saturated heterocycles. The molecule has 0 aliphatic heterocycles. The highest BCUT2D eigenvalue weighted by molar-refractivity contribution is 6.06. The number of nitrogens with one attached hydrogen (secondary N) is 1. The predicted molar refractivity (Wildman–Crippen MR) is 88.5 cm³/mol. The first-order valence-corrected chi connectivity index (χ1v) is 7.62. The lowest BCUT2D eigenvalue weighted by atomic mass is 10.2. The fourth-order valence-electron chi connectivity index (χ4n) is 2.82. The molecule has 3 aromatic rings. The van der Waals surface area contributed by atoms with Gasteiger partial charge < -0.3 is 15.0 Å². The van der Waals surface area contributed by atoms with E-state index >= 15 is 0 Å². The van der Waals surface area contributed by atoms with Crippen LogP contribution in [0.4, 0.5) is 5.82 Å². The maximum Gasteiger partial charge on any atom is 0.256 e. The monoisotopic (exact) mass is 321 g/mol. The normalized spacial score (nSPS) is 19.7. The van der Waals surface area contributed by atoms with Gasteiger partial charge in [0, 0.05) is 12.0 Å². The SMILES string of the molecule is O=C(Nc1ncnc2c1ncn2[C@H]1C=C[C@@H](O)C1)c1ccccc1. The number of benzene rings is 1. The molecule has 0 unspecified atom stereocenters. The van der Waals surface area contributed by atoms with Crippen LogP contribution in [-0.2, 0) is 0 Å². The van der Waals surface area contributed by atoms with E-state index in [4.69, 9.17) is 0 Å². The number of imidazole rings is 1. The molecule has 2 atom stereocenters. The second-order valence-electron chi connectivity index (χ2n) is 5.62. The van der Waals surface area contributed by atoms with Gasteiger partial charge in [-0.15, -0.1) is 0 Å². The number of rotatable bonds is 3. The Morgan fingerprint density at radius 2 is 2.00 bits per heavy atom. The summed E-state index contributed by atoms with van der Waals surface area (Å²) >= 11 is 0. The zero-order chi connectivity index (χ0) is 16.5. The van der Waals surface area contributed by atoms with Gasteiger partial charge in [-0.2, -0.15) is 0 Å². The van der Waals surface area contributed by atoms with Gasteiger partial charge in [0.1, 0.15) is 6.33 Å². The van der Waals surface area contributed by atoms with Crippen molar-refractivity contribution < 1.29 is 9.90 Å². The van der Waals surface area contributed by atoms with Crippen LogP contribution in [0.2, 0.25) is 0 Å². The Morgan fingerprint density at radius 1 is 1.17 bits per heavy atom. The van der Waals surface area contributed by atoms with E-state index < -0.39 is 6.10 Å². The van der Waals surface area contributed by atoms with E-state index in [2.05, 4.69) is 20.3 Å². The Morgan fingerprint density at radius 3 is 2.75 bits per heavy atom. The molecule has 0 bridgehead atoms. The number of nitrogens with zero attached hydrogens (tertiary/aromatic N) is 4. The summed E-state index contributed by atoms with van der Waals surface area (Å²) in [5.74, 6) is 0.122. The third kappa shape index (κ3) is 2.55. The summed E-state index contributed by atoms with van der Waals surface area (Å²) in [6.07, 6.45) is 6.87. The number of aliphatic hydroxyl groups is 1. The third-order valence-electron chi connectivity index (χ3n) is 4.02. The lowest BCUT2D eigenvalue weighted by Gasteiger charge is -2.11. The summed E-state index contributed by atoms with van der Waals surface area (Å²) in [5, 5.41) is 12.4. The van der Waals surface area contributed by atoms with Crippen LogP contribution >= 0.6 is 0 Å².